The highest BCUT2D eigenvalue weighted by Gasteiger charge is 2.13. The average Bonchev–Trinajstić information content (AvgIpc) is 3.19. The molecule has 0 saturated carbocycles. The molecule has 184 valence electrons. The maximum absolute atomic E-state index is 12.1. The van der Waals surface area contributed by atoms with Gasteiger partial charge in [-0.3, -0.25) is 4.79 Å². The number of carbonyl (C=O) groups excluding carboxylic acids is 1. The Labute approximate surface area is 204 Å². The summed E-state index contributed by atoms with van der Waals surface area (Å²) < 4.78 is 8.36. The molecule has 2 aromatic carbocycles. The first-order valence-electron chi connectivity index (χ1n) is 12.9. The van der Waals surface area contributed by atoms with Crippen LogP contribution in [0.5, 0.6) is 5.75 Å². The Balaban J connectivity index is 1.48. The summed E-state index contributed by atoms with van der Waals surface area (Å²) in [5.74, 6) is 2.44. The van der Waals surface area contributed by atoms with Crippen molar-refractivity contribution in [3.63, 3.8) is 0 Å². The molecule has 0 radical (unpaired) electrons. The number of para-hydroxylation sites is 2. The van der Waals surface area contributed by atoms with Gasteiger partial charge < -0.3 is 14.6 Å². The lowest BCUT2D eigenvalue weighted by atomic mass is 10.0. The number of hydrogen-bond acceptors (Lipinski definition) is 3. The third-order valence-electron chi connectivity index (χ3n) is 6.74. The molecule has 34 heavy (non-hydrogen) atoms. The molecule has 1 heterocycles. The fraction of sp³-hybridized carbons (Fsp3) is 0.517. The number of imidazole rings is 1. The van der Waals surface area contributed by atoms with E-state index in [-0.39, 0.29) is 11.8 Å². The minimum absolute atomic E-state index is 0.152. The van der Waals surface area contributed by atoms with Crippen LogP contribution in [0, 0.1) is 19.8 Å². The standard InChI is InChI=1S/C29H41N3O2/c1-5-24(6-2)29(33)30-18-11-7-8-15-28-31-26-13-9-10-14-27(26)32(28)19-12-20-34-25-17-16-22(3)23(4)21-25/h9-10,13-14,16-17,21,24H,5-8,11-12,15,18-20H2,1-4H3,(H,30,33). The quantitative estimate of drug-likeness (QED) is 0.282. The number of aryl methyl sites for hydroxylation is 4. The van der Waals surface area contributed by atoms with E-state index in [0.717, 1.165) is 75.1 Å². The van der Waals surface area contributed by atoms with Gasteiger partial charge in [-0.25, -0.2) is 4.98 Å². The summed E-state index contributed by atoms with van der Waals surface area (Å²) >= 11 is 0. The molecule has 1 aromatic heterocycles. The zero-order chi connectivity index (χ0) is 24.3. The maximum Gasteiger partial charge on any atom is 0.223 e. The van der Waals surface area contributed by atoms with E-state index in [4.69, 9.17) is 9.72 Å². The minimum Gasteiger partial charge on any atom is -0.494 e. The molecule has 0 spiro atoms. The summed E-state index contributed by atoms with van der Waals surface area (Å²) in [6.45, 7) is 10.7. The molecule has 3 rings (SSSR count). The summed E-state index contributed by atoms with van der Waals surface area (Å²) in [6, 6.07) is 14.7. The van der Waals surface area contributed by atoms with Gasteiger partial charge in [0, 0.05) is 25.4 Å². The third-order valence-corrected chi connectivity index (χ3v) is 6.74. The van der Waals surface area contributed by atoms with Crippen LogP contribution in [0.15, 0.2) is 42.5 Å². The van der Waals surface area contributed by atoms with E-state index in [1.54, 1.807) is 0 Å². The lowest BCUT2D eigenvalue weighted by Gasteiger charge is -2.13. The number of unbranched alkanes of at least 4 members (excludes halogenated alkanes) is 2. The van der Waals surface area contributed by atoms with Crippen molar-refractivity contribution < 1.29 is 9.53 Å². The highest BCUT2D eigenvalue weighted by molar-refractivity contribution is 5.78. The number of nitrogens with zero attached hydrogens (tertiary/aromatic N) is 2. The van der Waals surface area contributed by atoms with E-state index in [0.29, 0.717) is 6.61 Å². The Bertz CT molecular complexity index is 1050. The Morgan fingerprint density at radius 3 is 2.56 bits per heavy atom. The van der Waals surface area contributed by atoms with Crippen LogP contribution in [0.25, 0.3) is 11.0 Å². The van der Waals surface area contributed by atoms with Crippen molar-refractivity contribution in [3.8, 4) is 5.75 Å². The number of nitrogens with one attached hydrogen (secondary N) is 1. The van der Waals surface area contributed by atoms with Crippen LogP contribution in [0.1, 0.15) is 69.3 Å². The Morgan fingerprint density at radius 1 is 1.00 bits per heavy atom. The van der Waals surface area contributed by atoms with E-state index in [1.165, 1.54) is 16.6 Å². The van der Waals surface area contributed by atoms with Crippen LogP contribution in [-0.4, -0.2) is 28.6 Å². The summed E-state index contributed by atoms with van der Waals surface area (Å²) in [7, 11) is 0. The van der Waals surface area contributed by atoms with Crippen molar-refractivity contribution in [2.24, 2.45) is 5.92 Å². The van der Waals surface area contributed by atoms with Crippen LogP contribution in [0.4, 0.5) is 0 Å². The van der Waals surface area contributed by atoms with E-state index in [9.17, 15) is 4.79 Å². The second-order valence-corrected chi connectivity index (χ2v) is 9.23. The lowest BCUT2D eigenvalue weighted by Crippen LogP contribution is -2.30. The van der Waals surface area contributed by atoms with Gasteiger partial charge in [-0.15, -0.1) is 0 Å². The molecule has 5 nitrogen and oxygen atoms in total. The van der Waals surface area contributed by atoms with Crippen molar-refractivity contribution in [1.82, 2.24) is 14.9 Å². The van der Waals surface area contributed by atoms with Crippen molar-refractivity contribution in [3.05, 3.63) is 59.4 Å². The van der Waals surface area contributed by atoms with E-state index < -0.39 is 0 Å². The first-order valence-corrected chi connectivity index (χ1v) is 12.9. The molecular weight excluding hydrogens is 422 g/mol. The predicted octanol–water partition coefficient (Wildman–Crippen LogP) is 6.39. The number of ether oxygens (including phenoxy) is 1. The second-order valence-electron chi connectivity index (χ2n) is 9.23. The van der Waals surface area contributed by atoms with Gasteiger partial charge in [0.25, 0.3) is 0 Å². The smallest absolute Gasteiger partial charge is 0.223 e. The van der Waals surface area contributed by atoms with E-state index in [2.05, 4.69) is 74.0 Å². The molecule has 0 fully saturated rings. The zero-order valence-corrected chi connectivity index (χ0v) is 21.4. The first kappa shape index (κ1) is 25.8. The molecule has 1 amide bonds. The molecule has 0 aliphatic rings. The molecule has 3 aromatic rings. The predicted molar refractivity (Wildman–Crippen MR) is 140 cm³/mol. The molecule has 0 atom stereocenters. The maximum atomic E-state index is 12.1. The van der Waals surface area contributed by atoms with Gasteiger partial charge in [0.1, 0.15) is 11.6 Å². The van der Waals surface area contributed by atoms with Gasteiger partial charge in [-0.2, -0.15) is 0 Å². The molecule has 0 aliphatic carbocycles. The highest BCUT2D eigenvalue weighted by Crippen LogP contribution is 2.20. The number of fused-ring (bicyclic) bond motifs is 1. The van der Waals surface area contributed by atoms with Gasteiger partial charge in [0.05, 0.1) is 17.6 Å². The lowest BCUT2D eigenvalue weighted by molar-refractivity contribution is -0.125. The fourth-order valence-electron chi connectivity index (χ4n) is 4.38. The number of amides is 1. The van der Waals surface area contributed by atoms with Crippen molar-refractivity contribution in [1.29, 1.82) is 0 Å². The normalized spacial score (nSPS) is 11.3. The monoisotopic (exact) mass is 463 g/mol. The van der Waals surface area contributed by atoms with Crippen LogP contribution >= 0.6 is 0 Å². The van der Waals surface area contributed by atoms with Crippen molar-refractivity contribution in [2.45, 2.75) is 79.2 Å². The number of benzene rings is 2. The van der Waals surface area contributed by atoms with Gasteiger partial charge >= 0.3 is 0 Å². The molecule has 5 heteroatoms. The Hall–Kier alpha value is -2.82. The van der Waals surface area contributed by atoms with Crippen LogP contribution in [0.2, 0.25) is 0 Å². The topological polar surface area (TPSA) is 56.2 Å². The Kier molecular flexibility index (Phi) is 9.99. The average molecular weight is 464 g/mol. The molecule has 0 unspecified atom stereocenters. The Morgan fingerprint density at radius 2 is 1.79 bits per heavy atom. The number of carbonyl (C=O) groups is 1. The number of hydrogen-bond donors (Lipinski definition) is 1. The fourth-order valence-corrected chi connectivity index (χ4v) is 4.38. The van der Waals surface area contributed by atoms with Crippen molar-refractivity contribution >= 4 is 16.9 Å². The van der Waals surface area contributed by atoms with Crippen molar-refractivity contribution in [2.75, 3.05) is 13.2 Å². The summed E-state index contributed by atoms with van der Waals surface area (Å²) in [4.78, 5) is 17.0. The van der Waals surface area contributed by atoms with E-state index in [1.807, 2.05) is 6.07 Å². The molecule has 1 N–H and O–H groups in total. The van der Waals surface area contributed by atoms with Gasteiger partial charge in [-0.1, -0.05) is 38.5 Å². The van der Waals surface area contributed by atoms with Gasteiger partial charge in [0.15, 0.2) is 0 Å². The first-order chi connectivity index (χ1) is 16.5. The molecular formula is C29H41N3O2. The third kappa shape index (κ3) is 7.09. The minimum atomic E-state index is 0.152. The highest BCUT2D eigenvalue weighted by atomic mass is 16.5. The van der Waals surface area contributed by atoms with Crippen LogP contribution < -0.4 is 10.1 Å². The summed E-state index contributed by atoms with van der Waals surface area (Å²) in [5.41, 5.74) is 4.80. The number of rotatable bonds is 14. The van der Waals surface area contributed by atoms with E-state index >= 15 is 0 Å². The number of aromatic nitrogens is 2. The largest absolute Gasteiger partial charge is 0.494 e. The van der Waals surface area contributed by atoms with Gasteiger partial charge in [-0.05, 0) is 81.3 Å². The zero-order valence-electron chi connectivity index (χ0n) is 21.4. The molecule has 0 saturated heterocycles. The molecule has 0 aliphatic heterocycles. The van der Waals surface area contributed by atoms with Crippen LogP contribution in [0.3, 0.4) is 0 Å². The molecule has 0 bridgehead atoms. The van der Waals surface area contributed by atoms with Gasteiger partial charge in [0.2, 0.25) is 5.91 Å². The SMILES string of the molecule is CCC(CC)C(=O)NCCCCCc1nc2ccccc2n1CCCOc1ccc(C)c(C)c1. The summed E-state index contributed by atoms with van der Waals surface area (Å²) in [5, 5.41) is 3.10. The van der Waals surface area contributed by atoms with Crippen LogP contribution in [-0.2, 0) is 17.8 Å². The second kappa shape index (κ2) is 13.2. The summed E-state index contributed by atoms with van der Waals surface area (Å²) in [6.07, 6.45) is 6.87.